The highest BCUT2D eigenvalue weighted by Crippen LogP contribution is 2.37. The zero-order chi connectivity index (χ0) is 28.0. The van der Waals surface area contributed by atoms with Gasteiger partial charge in [0.15, 0.2) is 0 Å². The van der Waals surface area contributed by atoms with Crippen molar-refractivity contribution in [1.82, 2.24) is 10.2 Å². The Bertz CT molecular complexity index is 1210. The van der Waals surface area contributed by atoms with Crippen molar-refractivity contribution in [2.24, 2.45) is 0 Å². The van der Waals surface area contributed by atoms with Crippen LogP contribution >= 0.6 is 23.2 Å². The van der Waals surface area contributed by atoms with Crippen LogP contribution in [0, 0.1) is 0 Å². The first-order valence-corrected chi connectivity index (χ1v) is 13.9. The predicted molar refractivity (Wildman–Crippen MR) is 138 cm³/mol. The van der Waals surface area contributed by atoms with Gasteiger partial charge < -0.3 is 10.2 Å². The van der Waals surface area contributed by atoms with Crippen molar-refractivity contribution in [3.8, 4) is 0 Å². The smallest absolute Gasteiger partial charge is 0.354 e. The molecule has 2 aromatic carbocycles. The molecule has 7 nitrogen and oxygen atoms in total. The molecule has 0 aromatic heterocycles. The number of hydrogen-bond acceptors (Lipinski definition) is 4. The summed E-state index contributed by atoms with van der Waals surface area (Å²) in [7, 11) is -4.21. The number of carbonyl (C=O) groups excluding carboxylic acids is 2. The van der Waals surface area contributed by atoms with Gasteiger partial charge in [0.1, 0.15) is 12.6 Å². The normalized spacial score (nSPS) is 12.6. The predicted octanol–water partition coefficient (Wildman–Crippen LogP) is 5.11. The molecule has 37 heavy (non-hydrogen) atoms. The van der Waals surface area contributed by atoms with Crippen LogP contribution in [0.1, 0.15) is 37.8 Å². The van der Waals surface area contributed by atoms with Crippen LogP contribution in [0.4, 0.5) is 18.9 Å². The summed E-state index contributed by atoms with van der Waals surface area (Å²) < 4.78 is 65.8. The van der Waals surface area contributed by atoms with Crippen molar-refractivity contribution < 1.29 is 31.2 Å². The van der Waals surface area contributed by atoms with E-state index in [9.17, 15) is 31.2 Å². The Morgan fingerprint density at radius 1 is 1.08 bits per heavy atom. The molecule has 1 N–H and O–H groups in total. The first-order chi connectivity index (χ1) is 17.1. The third-order valence-electron chi connectivity index (χ3n) is 5.49. The standard InChI is InChI=1S/C24H28Cl2F3N3O4S/c1-4-5-12-30-23(34)16(2)31(14-17-6-8-18(25)9-7-17)22(33)15-32(37(3,35)36)19-10-11-21(26)20(13-19)24(27,28)29/h6-11,13,16H,4-5,12,14-15H2,1-3H3,(H,30,34). The number of carbonyl (C=O) groups is 2. The fourth-order valence-corrected chi connectivity index (χ4v) is 4.60. The Morgan fingerprint density at radius 2 is 1.70 bits per heavy atom. The number of benzene rings is 2. The summed E-state index contributed by atoms with van der Waals surface area (Å²) >= 11 is 11.6. The molecule has 2 rings (SSSR count). The number of nitrogens with zero attached hydrogens (tertiary/aromatic N) is 2. The van der Waals surface area contributed by atoms with Crippen LogP contribution in [0.5, 0.6) is 0 Å². The van der Waals surface area contributed by atoms with E-state index in [1.807, 2.05) is 6.92 Å². The lowest BCUT2D eigenvalue weighted by Crippen LogP contribution is -2.51. The highest BCUT2D eigenvalue weighted by Gasteiger charge is 2.35. The number of anilines is 1. The Kier molecular flexibility index (Phi) is 10.7. The molecule has 0 radical (unpaired) electrons. The van der Waals surface area contributed by atoms with Crippen LogP contribution in [0.25, 0.3) is 0 Å². The maximum absolute atomic E-state index is 13.4. The van der Waals surface area contributed by atoms with Crippen LogP contribution in [-0.4, -0.2) is 50.5 Å². The van der Waals surface area contributed by atoms with Gasteiger partial charge in [0, 0.05) is 18.1 Å². The first-order valence-electron chi connectivity index (χ1n) is 11.3. The van der Waals surface area contributed by atoms with Gasteiger partial charge in [-0.2, -0.15) is 13.2 Å². The first kappa shape index (κ1) is 30.7. The summed E-state index contributed by atoms with van der Waals surface area (Å²) in [6.45, 7) is 2.93. The van der Waals surface area contributed by atoms with Crippen LogP contribution in [0.2, 0.25) is 10.0 Å². The highest BCUT2D eigenvalue weighted by atomic mass is 35.5. The maximum Gasteiger partial charge on any atom is 0.417 e. The summed E-state index contributed by atoms with van der Waals surface area (Å²) in [5.74, 6) is -1.24. The minimum absolute atomic E-state index is 0.0651. The second kappa shape index (κ2) is 12.8. The van der Waals surface area contributed by atoms with Gasteiger partial charge in [0.05, 0.1) is 22.5 Å². The SMILES string of the molecule is CCCCNC(=O)C(C)N(Cc1ccc(Cl)cc1)C(=O)CN(c1ccc(Cl)c(C(F)(F)F)c1)S(C)(=O)=O. The number of hydrogen-bond donors (Lipinski definition) is 1. The fourth-order valence-electron chi connectivity index (χ4n) is 3.40. The third-order valence-corrected chi connectivity index (χ3v) is 7.21. The van der Waals surface area contributed by atoms with E-state index in [1.54, 1.807) is 24.3 Å². The highest BCUT2D eigenvalue weighted by molar-refractivity contribution is 7.92. The van der Waals surface area contributed by atoms with Crippen LogP contribution < -0.4 is 9.62 Å². The van der Waals surface area contributed by atoms with Crippen molar-refractivity contribution in [3.63, 3.8) is 0 Å². The van der Waals surface area contributed by atoms with E-state index >= 15 is 0 Å². The lowest BCUT2D eigenvalue weighted by Gasteiger charge is -2.31. The molecule has 0 fully saturated rings. The molecule has 0 bridgehead atoms. The lowest BCUT2D eigenvalue weighted by molar-refractivity contribution is -0.139. The number of amides is 2. The Hall–Kier alpha value is -2.50. The van der Waals surface area contributed by atoms with Crippen molar-refractivity contribution in [3.05, 3.63) is 63.6 Å². The third kappa shape index (κ3) is 8.79. The van der Waals surface area contributed by atoms with E-state index in [0.29, 0.717) is 27.5 Å². The lowest BCUT2D eigenvalue weighted by atomic mass is 10.1. The molecule has 1 atom stereocenters. The average molecular weight is 582 g/mol. The van der Waals surface area contributed by atoms with Gasteiger partial charge >= 0.3 is 6.18 Å². The molecule has 0 spiro atoms. The average Bonchev–Trinajstić information content (AvgIpc) is 2.80. The number of alkyl halides is 3. The molecule has 204 valence electrons. The molecule has 0 saturated carbocycles. The molecular formula is C24H28Cl2F3N3O4S. The van der Waals surface area contributed by atoms with Crippen molar-refractivity contribution in [2.75, 3.05) is 23.7 Å². The molecule has 1 unspecified atom stereocenters. The summed E-state index contributed by atoms with van der Waals surface area (Å²) in [6.07, 6.45) is -2.51. The van der Waals surface area contributed by atoms with E-state index in [2.05, 4.69) is 5.32 Å². The summed E-state index contributed by atoms with van der Waals surface area (Å²) in [4.78, 5) is 27.4. The minimum atomic E-state index is -4.84. The fraction of sp³-hybridized carbons (Fsp3) is 0.417. The molecule has 0 heterocycles. The molecule has 0 aliphatic carbocycles. The van der Waals surface area contributed by atoms with Gasteiger partial charge in [-0.05, 0) is 49.2 Å². The summed E-state index contributed by atoms with van der Waals surface area (Å²) in [6, 6.07) is 8.05. The topological polar surface area (TPSA) is 86.8 Å². The van der Waals surface area contributed by atoms with E-state index < -0.39 is 51.2 Å². The van der Waals surface area contributed by atoms with Gasteiger partial charge in [-0.1, -0.05) is 48.7 Å². The zero-order valence-electron chi connectivity index (χ0n) is 20.5. The zero-order valence-corrected chi connectivity index (χ0v) is 22.8. The Morgan fingerprint density at radius 3 is 2.24 bits per heavy atom. The maximum atomic E-state index is 13.4. The van der Waals surface area contributed by atoms with E-state index in [0.717, 1.165) is 31.2 Å². The molecule has 0 saturated heterocycles. The van der Waals surface area contributed by atoms with E-state index in [-0.39, 0.29) is 12.2 Å². The second-order valence-corrected chi connectivity index (χ2v) is 11.2. The van der Waals surface area contributed by atoms with Crippen LogP contribution in [0.3, 0.4) is 0 Å². The molecular weight excluding hydrogens is 554 g/mol. The summed E-state index contributed by atoms with van der Waals surface area (Å²) in [5.41, 5.74) is -1.02. The van der Waals surface area contributed by atoms with E-state index in [1.165, 1.54) is 11.8 Å². The van der Waals surface area contributed by atoms with Crippen molar-refractivity contribution in [1.29, 1.82) is 0 Å². The minimum Gasteiger partial charge on any atom is -0.354 e. The quantitative estimate of drug-likeness (QED) is 0.373. The molecule has 2 aromatic rings. The van der Waals surface area contributed by atoms with Crippen molar-refractivity contribution >= 4 is 50.7 Å². The molecule has 13 heteroatoms. The molecule has 0 aliphatic heterocycles. The molecule has 2 amide bonds. The number of rotatable bonds is 11. The Balaban J connectivity index is 2.43. The van der Waals surface area contributed by atoms with Crippen molar-refractivity contribution in [2.45, 2.75) is 45.5 Å². The van der Waals surface area contributed by atoms with E-state index in [4.69, 9.17) is 23.2 Å². The van der Waals surface area contributed by atoms with Gasteiger partial charge in [-0.25, -0.2) is 8.42 Å². The molecule has 0 aliphatic rings. The second-order valence-electron chi connectivity index (χ2n) is 8.40. The number of halogens is 5. The largest absolute Gasteiger partial charge is 0.417 e. The van der Waals surface area contributed by atoms with Gasteiger partial charge in [0.25, 0.3) is 0 Å². The van der Waals surface area contributed by atoms with Crippen LogP contribution in [-0.2, 0) is 32.3 Å². The number of unbranched alkanes of at least 4 members (excludes halogenated alkanes) is 1. The number of sulfonamides is 1. The Labute approximate surface area is 224 Å². The summed E-state index contributed by atoms with van der Waals surface area (Å²) in [5, 5.41) is 2.58. The van der Waals surface area contributed by atoms with Crippen LogP contribution in [0.15, 0.2) is 42.5 Å². The van der Waals surface area contributed by atoms with Gasteiger partial charge in [-0.3, -0.25) is 13.9 Å². The van der Waals surface area contributed by atoms with Gasteiger partial charge in [-0.15, -0.1) is 0 Å². The number of nitrogens with one attached hydrogen (secondary N) is 1. The van der Waals surface area contributed by atoms with Gasteiger partial charge in [0.2, 0.25) is 21.8 Å². The monoisotopic (exact) mass is 581 g/mol.